The van der Waals surface area contributed by atoms with Crippen LogP contribution in [-0.4, -0.2) is 61.2 Å². The van der Waals surface area contributed by atoms with Gasteiger partial charge in [0, 0.05) is 25.4 Å². The smallest absolute Gasteiger partial charge is 0.203 e. The Morgan fingerprint density at radius 2 is 0.938 bits per heavy atom. The number of carbonyl (C=O) groups is 1. The van der Waals surface area contributed by atoms with Gasteiger partial charge in [0.15, 0.2) is 11.5 Å². The van der Waals surface area contributed by atoms with Gasteiger partial charge >= 0.3 is 0 Å². The second kappa shape index (κ2) is 19.8. The molecule has 3 N–H and O–H groups in total. The minimum atomic E-state index is 0.208. The van der Waals surface area contributed by atoms with Gasteiger partial charge in [-0.1, -0.05) is 19.3 Å². The normalized spacial score (nSPS) is 10.8. The van der Waals surface area contributed by atoms with Crippen molar-refractivity contribution < 1.29 is 34.3 Å². The zero-order valence-corrected chi connectivity index (χ0v) is 19.4. The van der Waals surface area contributed by atoms with Crippen molar-refractivity contribution in [3.05, 3.63) is 17.7 Å². The number of hydrogen-bond acceptors (Lipinski definition) is 7. The summed E-state index contributed by atoms with van der Waals surface area (Å²) in [6.07, 6.45) is 11.5. The summed E-state index contributed by atoms with van der Waals surface area (Å²) in [6, 6.07) is 3.38. The van der Waals surface area contributed by atoms with Crippen molar-refractivity contribution in [2.45, 2.75) is 77.0 Å². The highest BCUT2D eigenvalue weighted by Gasteiger charge is 2.16. The number of benzene rings is 1. The van der Waals surface area contributed by atoms with Gasteiger partial charge in [-0.3, -0.25) is 4.79 Å². The molecule has 32 heavy (non-hydrogen) atoms. The van der Waals surface area contributed by atoms with E-state index in [2.05, 4.69) is 0 Å². The van der Waals surface area contributed by atoms with Gasteiger partial charge in [-0.2, -0.15) is 0 Å². The van der Waals surface area contributed by atoms with E-state index in [0.717, 1.165) is 83.3 Å². The molecule has 0 fully saturated rings. The fraction of sp³-hybridized carbons (Fsp3) is 0.720. The Kier molecular flexibility index (Phi) is 17.5. The van der Waals surface area contributed by atoms with E-state index in [1.807, 2.05) is 0 Å². The zero-order chi connectivity index (χ0) is 23.3. The van der Waals surface area contributed by atoms with Crippen molar-refractivity contribution in [2.24, 2.45) is 0 Å². The summed E-state index contributed by atoms with van der Waals surface area (Å²) in [5.41, 5.74) is 0.478. The highest BCUT2D eigenvalue weighted by atomic mass is 16.5. The number of carbonyl (C=O) groups excluding carboxylic acids is 1. The van der Waals surface area contributed by atoms with E-state index in [0.29, 0.717) is 42.6 Å². The molecule has 0 unspecified atom stereocenters. The summed E-state index contributed by atoms with van der Waals surface area (Å²) in [6.45, 7) is 2.13. The van der Waals surface area contributed by atoms with Crippen molar-refractivity contribution in [3.63, 3.8) is 0 Å². The van der Waals surface area contributed by atoms with Crippen LogP contribution in [0.2, 0.25) is 0 Å². The lowest BCUT2D eigenvalue weighted by Crippen LogP contribution is -2.07. The van der Waals surface area contributed by atoms with Gasteiger partial charge in [0.2, 0.25) is 5.75 Å². The molecule has 1 aromatic rings. The standard InChI is InChI=1S/C25H42O7/c26-13-7-1-4-10-16-30-23-19-22(21-29)20-24(31-17-11-5-2-8-14-27)25(23)32-18-12-6-3-9-15-28/h19-21,26-28H,1-18H2. The molecule has 7 nitrogen and oxygen atoms in total. The number of unbranched alkanes of at least 4 members (excludes halogenated alkanes) is 9. The molecule has 0 saturated carbocycles. The second-order valence-corrected chi connectivity index (χ2v) is 7.92. The first-order valence-corrected chi connectivity index (χ1v) is 12.1. The molecule has 1 aromatic carbocycles. The predicted octanol–water partition coefficient (Wildman–Crippen LogP) is 4.29. The predicted molar refractivity (Wildman–Crippen MR) is 125 cm³/mol. The Balaban J connectivity index is 2.76. The highest BCUT2D eigenvalue weighted by molar-refractivity contribution is 5.78. The molecule has 0 amide bonds. The van der Waals surface area contributed by atoms with E-state index in [1.54, 1.807) is 12.1 Å². The van der Waals surface area contributed by atoms with E-state index in [-0.39, 0.29) is 19.8 Å². The number of aliphatic hydroxyl groups excluding tert-OH is 3. The molecule has 184 valence electrons. The highest BCUT2D eigenvalue weighted by Crippen LogP contribution is 2.39. The van der Waals surface area contributed by atoms with Crippen LogP contribution in [0.4, 0.5) is 0 Å². The van der Waals surface area contributed by atoms with E-state index >= 15 is 0 Å². The van der Waals surface area contributed by atoms with Crippen LogP contribution in [0.3, 0.4) is 0 Å². The van der Waals surface area contributed by atoms with Gasteiger partial charge < -0.3 is 29.5 Å². The quantitative estimate of drug-likeness (QED) is 0.177. The fourth-order valence-corrected chi connectivity index (χ4v) is 3.26. The Morgan fingerprint density at radius 1 is 0.562 bits per heavy atom. The molecule has 0 bridgehead atoms. The molecule has 0 atom stereocenters. The first kappa shape index (κ1) is 28.2. The summed E-state index contributed by atoms with van der Waals surface area (Å²) in [5.74, 6) is 1.56. The largest absolute Gasteiger partial charge is 0.490 e. The average molecular weight is 455 g/mol. The zero-order valence-electron chi connectivity index (χ0n) is 19.4. The Labute approximate surface area is 192 Å². The Hall–Kier alpha value is -1.83. The Bertz CT molecular complexity index is 555. The number of aliphatic hydroxyl groups is 3. The SMILES string of the molecule is O=Cc1cc(OCCCCCCO)c(OCCCCCCO)c(OCCCCCCO)c1. The fourth-order valence-electron chi connectivity index (χ4n) is 3.26. The van der Waals surface area contributed by atoms with Crippen LogP contribution in [0.1, 0.15) is 87.4 Å². The van der Waals surface area contributed by atoms with Gasteiger partial charge in [-0.15, -0.1) is 0 Å². The van der Waals surface area contributed by atoms with Crippen molar-refractivity contribution in [2.75, 3.05) is 39.6 Å². The Morgan fingerprint density at radius 3 is 1.31 bits per heavy atom. The summed E-state index contributed by atoms with van der Waals surface area (Å²) in [7, 11) is 0. The second-order valence-electron chi connectivity index (χ2n) is 7.92. The molecule has 1 rings (SSSR count). The molecule has 0 aliphatic carbocycles. The van der Waals surface area contributed by atoms with Gasteiger partial charge in [0.25, 0.3) is 0 Å². The summed E-state index contributed by atoms with van der Waals surface area (Å²) < 4.78 is 18.0. The summed E-state index contributed by atoms with van der Waals surface area (Å²) in [5, 5.41) is 26.7. The van der Waals surface area contributed by atoms with Gasteiger partial charge in [0.05, 0.1) is 19.8 Å². The van der Waals surface area contributed by atoms with Crippen molar-refractivity contribution in [3.8, 4) is 17.2 Å². The molecule has 0 heterocycles. The lowest BCUT2D eigenvalue weighted by molar-refractivity contribution is 0.112. The number of aldehydes is 1. The minimum Gasteiger partial charge on any atom is -0.490 e. The van der Waals surface area contributed by atoms with E-state index in [9.17, 15) is 4.79 Å². The molecular weight excluding hydrogens is 412 g/mol. The molecule has 7 heteroatoms. The molecule has 0 spiro atoms. The first-order valence-electron chi connectivity index (χ1n) is 12.1. The maximum Gasteiger partial charge on any atom is 0.203 e. The topological polar surface area (TPSA) is 105 Å². The van der Waals surface area contributed by atoms with E-state index in [4.69, 9.17) is 29.5 Å². The third-order valence-electron chi connectivity index (χ3n) is 5.10. The van der Waals surface area contributed by atoms with E-state index in [1.165, 1.54) is 0 Å². The third kappa shape index (κ3) is 12.9. The summed E-state index contributed by atoms with van der Waals surface area (Å²) in [4.78, 5) is 11.5. The van der Waals surface area contributed by atoms with E-state index < -0.39 is 0 Å². The molecule has 0 saturated heterocycles. The van der Waals surface area contributed by atoms with Crippen molar-refractivity contribution >= 4 is 6.29 Å². The van der Waals surface area contributed by atoms with Crippen LogP contribution in [0, 0.1) is 0 Å². The van der Waals surface area contributed by atoms with Crippen LogP contribution in [-0.2, 0) is 0 Å². The monoisotopic (exact) mass is 454 g/mol. The van der Waals surface area contributed by atoms with Crippen LogP contribution in [0.5, 0.6) is 17.2 Å². The van der Waals surface area contributed by atoms with Crippen LogP contribution < -0.4 is 14.2 Å². The maximum atomic E-state index is 11.5. The molecule has 0 radical (unpaired) electrons. The van der Waals surface area contributed by atoms with Crippen molar-refractivity contribution in [1.29, 1.82) is 0 Å². The first-order chi connectivity index (χ1) is 15.8. The van der Waals surface area contributed by atoms with Crippen LogP contribution in [0.25, 0.3) is 0 Å². The van der Waals surface area contributed by atoms with Crippen LogP contribution in [0.15, 0.2) is 12.1 Å². The summed E-state index contributed by atoms with van der Waals surface area (Å²) >= 11 is 0. The number of hydrogen-bond donors (Lipinski definition) is 3. The maximum absolute atomic E-state index is 11.5. The lowest BCUT2D eigenvalue weighted by Gasteiger charge is -2.18. The minimum absolute atomic E-state index is 0.208. The molecule has 0 aromatic heterocycles. The van der Waals surface area contributed by atoms with Crippen LogP contribution >= 0.6 is 0 Å². The molecule has 0 aliphatic rings. The molecule has 0 aliphatic heterocycles. The van der Waals surface area contributed by atoms with Crippen molar-refractivity contribution in [1.82, 2.24) is 0 Å². The van der Waals surface area contributed by atoms with Gasteiger partial charge in [0.1, 0.15) is 6.29 Å². The number of ether oxygens (including phenoxy) is 3. The average Bonchev–Trinajstić information content (AvgIpc) is 2.81. The lowest BCUT2D eigenvalue weighted by atomic mass is 10.2. The third-order valence-corrected chi connectivity index (χ3v) is 5.10. The molecular formula is C25H42O7. The van der Waals surface area contributed by atoms with Gasteiger partial charge in [-0.25, -0.2) is 0 Å². The number of rotatable bonds is 22. The van der Waals surface area contributed by atoms with Gasteiger partial charge in [-0.05, 0) is 69.9 Å².